The van der Waals surface area contributed by atoms with Gasteiger partial charge in [0.2, 0.25) is 5.91 Å². The Kier molecular flexibility index (Phi) is 7.74. The zero-order chi connectivity index (χ0) is 31.4. The van der Waals surface area contributed by atoms with Gasteiger partial charge in [0.1, 0.15) is 5.82 Å². The first-order valence-corrected chi connectivity index (χ1v) is 14.6. The summed E-state index contributed by atoms with van der Waals surface area (Å²) < 4.78 is 124. The molecule has 2 aliphatic rings. The Morgan fingerprint density at radius 1 is 0.860 bits per heavy atom. The molecule has 6 nitrogen and oxygen atoms in total. The maximum atomic E-state index is 13.9. The van der Waals surface area contributed by atoms with Gasteiger partial charge in [-0.05, 0) is 66.3 Å². The molecule has 14 heteroatoms. The van der Waals surface area contributed by atoms with E-state index in [9.17, 15) is 49.1 Å². The second-order valence-electron chi connectivity index (χ2n) is 10.5. The molecule has 3 aromatic carbocycles. The number of amides is 1. The highest BCUT2D eigenvalue weighted by Gasteiger charge is 2.71. The van der Waals surface area contributed by atoms with Gasteiger partial charge in [-0.3, -0.25) is 9.10 Å². The van der Waals surface area contributed by atoms with E-state index in [-0.39, 0.29) is 36.4 Å². The Bertz CT molecular complexity index is 1630. The van der Waals surface area contributed by atoms with Crippen molar-refractivity contribution in [2.24, 2.45) is 0 Å². The number of fused-ring (bicyclic) bond motifs is 2. The molecule has 1 N–H and O–H groups in total. The third kappa shape index (κ3) is 5.46. The molecule has 0 fully saturated rings. The molecule has 0 aliphatic carbocycles. The molecule has 2 aliphatic heterocycles. The number of halogens is 7. The van der Waals surface area contributed by atoms with E-state index in [4.69, 9.17) is 0 Å². The third-order valence-electron chi connectivity index (χ3n) is 7.90. The molecule has 0 radical (unpaired) electrons. The molecule has 43 heavy (non-hydrogen) atoms. The molecule has 0 spiro atoms. The predicted octanol–water partition coefficient (Wildman–Crippen LogP) is 5.62. The highest BCUT2D eigenvalue weighted by Crippen LogP contribution is 2.51. The molecule has 0 aromatic heterocycles. The van der Waals surface area contributed by atoms with Crippen LogP contribution in [0.3, 0.4) is 0 Å². The van der Waals surface area contributed by atoms with Crippen LogP contribution in [0.15, 0.2) is 71.6 Å². The molecule has 3 aromatic rings. The van der Waals surface area contributed by atoms with Gasteiger partial charge >= 0.3 is 12.4 Å². The van der Waals surface area contributed by atoms with Gasteiger partial charge in [0.25, 0.3) is 15.6 Å². The maximum Gasteiger partial charge on any atom is 0.430 e. The Hall–Kier alpha value is -3.65. The fourth-order valence-corrected chi connectivity index (χ4v) is 7.34. The van der Waals surface area contributed by atoms with Gasteiger partial charge in [-0.2, -0.15) is 26.3 Å². The first-order valence-electron chi connectivity index (χ1n) is 13.2. The Labute approximate surface area is 242 Å². The van der Waals surface area contributed by atoms with Crippen molar-refractivity contribution < 1.29 is 49.1 Å². The lowest BCUT2D eigenvalue weighted by molar-refractivity contribution is -0.376. The number of benzene rings is 3. The van der Waals surface area contributed by atoms with E-state index in [1.807, 2.05) is 24.3 Å². The summed E-state index contributed by atoms with van der Waals surface area (Å²) in [4.78, 5) is 14.6. The van der Waals surface area contributed by atoms with E-state index in [0.717, 1.165) is 45.8 Å². The molecule has 1 amide bonds. The third-order valence-corrected chi connectivity index (χ3v) is 9.78. The number of nitrogens with zero attached hydrogens (tertiary/aromatic N) is 2. The number of aliphatic hydroxyl groups is 1. The molecule has 5 rings (SSSR count). The van der Waals surface area contributed by atoms with Gasteiger partial charge in [-0.25, -0.2) is 12.8 Å². The number of hydrogen-bond donors (Lipinski definition) is 1. The van der Waals surface area contributed by atoms with Crippen molar-refractivity contribution in [3.8, 4) is 0 Å². The quantitative estimate of drug-likeness (QED) is 0.372. The van der Waals surface area contributed by atoms with Crippen molar-refractivity contribution in [3.63, 3.8) is 0 Å². The number of sulfonamides is 1. The van der Waals surface area contributed by atoms with E-state index >= 15 is 0 Å². The van der Waals surface area contributed by atoms with Crippen LogP contribution in [0, 0.1) is 5.82 Å². The average molecular weight is 631 g/mol. The standard InChI is InChI=1S/C29H25F7N2O4S/c30-22-7-10-24(11-8-22)43(41,42)38-23(16-26(39)37-14-13-18-3-1-2-4-20(18)17-37)9-5-19-15-21(6-12-25(19)38)27(40,28(31,32)33)29(34,35)36/h1-4,6-8,10-12,15,23,40H,5,9,13-14,16-17H2. The van der Waals surface area contributed by atoms with E-state index in [1.165, 1.54) is 0 Å². The summed E-state index contributed by atoms with van der Waals surface area (Å²) in [5.74, 6) is -1.12. The first-order chi connectivity index (χ1) is 20.0. The molecular weight excluding hydrogens is 605 g/mol. The minimum absolute atomic E-state index is 0.122. The Morgan fingerprint density at radius 3 is 2.12 bits per heavy atom. The van der Waals surface area contributed by atoms with Gasteiger partial charge in [0.15, 0.2) is 0 Å². The van der Waals surface area contributed by atoms with Crippen LogP contribution in [0.25, 0.3) is 0 Å². The molecule has 0 saturated carbocycles. The fraction of sp³-hybridized carbons (Fsp3) is 0.345. The Balaban J connectivity index is 1.54. The highest BCUT2D eigenvalue weighted by atomic mass is 32.2. The van der Waals surface area contributed by atoms with Crippen LogP contribution in [0.2, 0.25) is 0 Å². The van der Waals surface area contributed by atoms with Crippen LogP contribution in [-0.4, -0.2) is 49.3 Å². The lowest BCUT2D eigenvalue weighted by atomic mass is 9.87. The summed E-state index contributed by atoms with van der Waals surface area (Å²) in [6.45, 7) is 0.667. The van der Waals surface area contributed by atoms with Crippen molar-refractivity contribution in [2.45, 2.75) is 61.1 Å². The van der Waals surface area contributed by atoms with E-state index in [0.29, 0.717) is 31.6 Å². The minimum atomic E-state index is -6.13. The molecule has 1 atom stereocenters. The number of carbonyl (C=O) groups excluding carboxylic acids is 1. The largest absolute Gasteiger partial charge is 0.430 e. The second-order valence-corrected chi connectivity index (χ2v) is 12.3. The van der Waals surface area contributed by atoms with Crippen molar-refractivity contribution in [1.82, 2.24) is 4.90 Å². The molecular formula is C29H25F7N2O4S. The predicted molar refractivity (Wildman–Crippen MR) is 141 cm³/mol. The first kappa shape index (κ1) is 30.8. The van der Waals surface area contributed by atoms with Crippen molar-refractivity contribution >= 4 is 21.6 Å². The summed E-state index contributed by atoms with van der Waals surface area (Å²) in [7, 11) is -4.58. The topological polar surface area (TPSA) is 77.9 Å². The summed E-state index contributed by atoms with van der Waals surface area (Å²) in [6, 6.07) is 11.8. The van der Waals surface area contributed by atoms with Crippen LogP contribution < -0.4 is 4.31 Å². The van der Waals surface area contributed by atoms with Crippen molar-refractivity contribution in [2.75, 3.05) is 10.8 Å². The average Bonchev–Trinajstić information content (AvgIpc) is 2.95. The number of aryl methyl sites for hydroxylation is 1. The molecule has 2 heterocycles. The van der Waals surface area contributed by atoms with Gasteiger partial charge < -0.3 is 10.0 Å². The van der Waals surface area contributed by atoms with Crippen LogP contribution in [-0.2, 0) is 39.8 Å². The number of alkyl halides is 6. The molecule has 230 valence electrons. The monoisotopic (exact) mass is 630 g/mol. The molecule has 0 saturated heterocycles. The Morgan fingerprint density at radius 2 is 1.49 bits per heavy atom. The lowest BCUT2D eigenvalue weighted by Gasteiger charge is -2.40. The van der Waals surface area contributed by atoms with E-state index in [1.54, 1.807) is 4.90 Å². The maximum absolute atomic E-state index is 13.9. The van der Waals surface area contributed by atoms with Crippen LogP contribution in [0.1, 0.15) is 35.1 Å². The van der Waals surface area contributed by atoms with E-state index < -0.39 is 50.3 Å². The molecule has 1 unspecified atom stereocenters. The summed E-state index contributed by atoms with van der Waals surface area (Å²) in [6.07, 6.45) is -12.3. The smallest absolute Gasteiger partial charge is 0.369 e. The molecule has 0 bridgehead atoms. The summed E-state index contributed by atoms with van der Waals surface area (Å²) in [5.41, 5.74) is -5.16. The van der Waals surface area contributed by atoms with Crippen LogP contribution in [0.5, 0.6) is 0 Å². The van der Waals surface area contributed by atoms with Crippen LogP contribution >= 0.6 is 0 Å². The van der Waals surface area contributed by atoms with Crippen molar-refractivity contribution in [3.05, 3.63) is 94.8 Å². The zero-order valence-electron chi connectivity index (χ0n) is 22.3. The van der Waals surface area contributed by atoms with Crippen molar-refractivity contribution in [1.29, 1.82) is 0 Å². The number of hydrogen-bond acceptors (Lipinski definition) is 4. The van der Waals surface area contributed by atoms with Gasteiger partial charge in [0, 0.05) is 25.1 Å². The van der Waals surface area contributed by atoms with Gasteiger partial charge in [0.05, 0.1) is 16.6 Å². The van der Waals surface area contributed by atoms with Crippen LogP contribution in [0.4, 0.5) is 36.4 Å². The number of carbonyl (C=O) groups is 1. The van der Waals surface area contributed by atoms with Gasteiger partial charge in [-0.1, -0.05) is 36.4 Å². The normalized spacial score (nSPS) is 17.8. The highest BCUT2D eigenvalue weighted by molar-refractivity contribution is 7.92. The van der Waals surface area contributed by atoms with Gasteiger partial charge in [-0.15, -0.1) is 0 Å². The number of rotatable bonds is 5. The summed E-state index contributed by atoms with van der Waals surface area (Å²) in [5, 5.41) is 9.90. The number of anilines is 1. The fourth-order valence-electron chi connectivity index (χ4n) is 5.62. The lowest BCUT2D eigenvalue weighted by Crippen LogP contribution is -2.54. The summed E-state index contributed by atoms with van der Waals surface area (Å²) >= 11 is 0. The van der Waals surface area contributed by atoms with E-state index in [2.05, 4.69) is 0 Å². The minimum Gasteiger partial charge on any atom is -0.369 e. The zero-order valence-corrected chi connectivity index (χ0v) is 23.1. The second kappa shape index (κ2) is 10.8. The SMILES string of the molecule is O=C(CC1CCc2cc(C(O)(C(F)(F)F)C(F)(F)F)ccc2N1S(=O)(=O)c1ccc(F)cc1)N1CCc2ccccc2C1.